The molecule has 0 aromatic carbocycles. The van der Waals surface area contributed by atoms with Crippen molar-refractivity contribution in [3.63, 3.8) is 0 Å². The van der Waals surface area contributed by atoms with Crippen molar-refractivity contribution in [2.45, 2.75) is 0 Å². The van der Waals surface area contributed by atoms with Crippen molar-refractivity contribution in [2.75, 3.05) is 0 Å². The summed E-state index contributed by atoms with van der Waals surface area (Å²) in [6.45, 7) is 0. The van der Waals surface area contributed by atoms with E-state index in [1.165, 1.54) is 16.9 Å². The van der Waals surface area contributed by atoms with Gasteiger partial charge in [-0.15, -0.1) is 0 Å². The van der Waals surface area contributed by atoms with Gasteiger partial charge in [-0.05, 0) is 0 Å². The highest BCUT2D eigenvalue weighted by atomic mass is 19.1. The lowest BCUT2D eigenvalue weighted by atomic mass is 10.7. The van der Waals surface area contributed by atoms with Gasteiger partial charge in [-0.1, -0.05) is 0 Å². The Bertz CT molecular complexity index is 142. The SMILES string of the molecule is Cn1nccc1F. The van der Waals surface area contributed by atoms with Crippen LogP contribution in [0.2, 0.25) is 0 Å². The van der Waals surface area contributed by atoms with Gasteiger partial charge in [0, 0.05) is 13.1 Å². The first kappa shape index (κ1) is 4.30. The summed E-state index contributed by atoms with van der Waals surface area (Å²) in [7, 11) is 1.55. The molecule has 0 saturated carbocycles. The molecule has 0 unspecified atom stereocenters. The van der Waals surface area contributed by atoms with Gasteiger partial charge < -0.3 is 0 Å². The number of rotatable bonds is 0. The van der Waals surface area contributed by atoms with E-state index in [-0.39, 0.29) is 5.95 Å². The van der Waals surface area contributed by atoms with Crippen LogP contribution >= 0.6 is 0 Å². The zero-order valence-electron chi connectivity index (χ0n) is 3.93. The maximum Gasteiger partial charge on any atom is 0.211 e. The van der Waals surface area contributed by atoms with Gasteiger partial charge in [0.15, 0.2) is 0 Å². The lowest BCUT2D eigenvalue weighted by Gasteiger charge is -1.83. The van der Waals surface area contributed by atoms with Gasteiger partial charge in [-0.3, -0.25) is 0 Å². The Morgan fingerprint density at radius 3 is 2.71 bits per heavy atom. The summed E-state index contributed by atoms with van der Waals surface area (Å²) in [4.78, 5) is 0. The van der Waals surface area contributed by atoms with E-state index >= 15 is 0 Å². The van der Waals surface area contributed by atoms with E-state index in [4.69, 9.17) is 0 Å². The quantitative estimate of drug-likeness (QED) is 0.465. The summed E-state index contributed by atoms with van der Waals surface area (Å²) in [5.74, 6) is -0.306. The molecule has 0 spiro atoms. The second kappa shape index (κ2) is 1.33. The van der Waals surface area contributed by atoms with Gasteiger partial charge >= 0.3 is 0 Å². The van der Waals surface area contributed by atoms with Gasteiger partial charge in [0.1, 0.15) is 0 Å². The third-order valence-corrected chi connectivity index (χ3v) is 0.761. The average Bonchev–Trinajstić information content (AvgIpc) is 1.91. The molecule has 0 saturated heterocycles. The maximum atomic E-state index is 12.0. The first-order chi connectivity index (χ1) is 3.30. The number of hydrogen-bond acceptors (Lipinski definition) is 1. The van der Waals surface area contributed by atoms with Crippen molar-refractivity contribution in [2.24, 2.45) is 7.05 Å². The van der Waals surface area contributed by atoms with E-state index in [0.717, 1.165) is 0 Å². The third kappa shape index (κ3) is 0.607. The van der Waals surface area contributed by atoms with E-state index in [0.29, 0.717) is 0 Å². The number of halogens is 1. The number of nitrogens with zero attached hydrogens (tertiary/aromatic N) is 2. The van der Waals surface area contributed by atoms with Gasteiger partial charge in [-0.25, -0.2) is 4.68 Å². The number of hydrogen-bond donors (Lipinski definition) is 0. The van der Waals surface area contributed by atoms with Crippen LogP contribution in [0.1, 0.15) is 0 Å². The fraction of sp³-hybridized carbons (Fsp3) is 0.250. The molecule has 2 nitrogen and oxygen atoms in total. The molecule has 38 valence electrons. The second-order valence-corrected chi connectivity index (χ2v) is 1.28. The van der Waals surface area contributed by atoms with E-state index in [9.17, 15) is 4.39 Å². The smallest absolute Gasteiger partial charge is 0.211 e. The van der Waals surface area contributed by atoms with Crippen molar-refractivity contribution in [3.05, 3.63) is 18.2 Å². The molecule has 0 aliphatic rings. The molecule has 0 atom stereocenters. The molecule has 1 aromatic heterocycles. The van der Waals surface area contributed by atoms with Crippen LogP contribution < -0.4 is 0 Å². The Hall–Kier alpha value is -0.860. The van der Waals surface area contributed by atoms with Gasteiger partial charge in [-0.2, -0.15) is 9.49 Å². The van der Waals surface area contributed by atoms with E-state index in [1.807, 2.05) is 0 Å². The Labute approximate surface area is 40.6 Å². The molecule has 1 heterocycles. The monoisotopic (exact) mass is 100 g/mol. The zero-order chi connectivity index (χ0) is 5.28. The Kier molecular flexibility index (Phi) is 0.817. The first-order valence-corrected chi connectivity index (χ1v) is 1.94. The third-order valence-electron chi connectivity index (χ3n) is 0.761. The van der Waals surface area contributed by atoms with Gasteiger partial charge in [0.2, 0.25) is 5.95 Å². The zero-order valence-corrected chi connectivity index (χ0v) is 3.93. The predicted octanol–water partition coefficient (Wildman–Crippen LogP) is 0.559. The van der Waals surface area contributed by atoms with Gasteiger partial charge in [0.25, 0.3) is 0 Å². The van der Waals surface area contributed by atoms with Crippen molar-refractivity contribution in [1.82, 2.24) is 9.78 Å². The summed E-state index contributed by atoms with van der Waals surface area (Å²) < 4.78 is 13.1. The van der Waals surface area contributed by atoms with Crippen LogP contribution in [-0.4, -0.2) is 9.78 Å². The van der Waals surface area contributed by atoms with Crippen molar-refractivity contribution >= 4 is 0 Å². The highest BCUT2D eigenvalue weighted by Gasteiger charge is 1.88. The van der Waals surface area contributed by atoms with E-state index < -0.39 is 0 Å². The molecule has 0 N–H and O–H groups in total. The van der Waals surface area contributed by atoms with Crippen molar-refractivity contribution < 1.29 is 4.39 Å². The molecular formula is C4H5FN2. The minimum atomic E-state index is -0.306. The normalized spacial score (nSPS) is 9.43. The molecule has 0 fully saturated rings. The highest BCUT2D eigenvalue weighted by molar-refractivity contribution is 4.80. The van der Waals surface area contributed by atoms with E-state index in [1.54, 1.807) is 7.05 Å². The van der Waals surface area contributed by atoms with Crippen LogP contribution in [0.15, 0.2) is 12.3 Å². The second-order valence-electron chi connectivity index (χ2n) is 1.28. The van der Waals surface area contributed by atoms with Crippen LogP contribution in [0.25, 0.3) is 0 Å². The first-order valence-electron chi connectivity index (χ1n) is 1.94. The average molecular weight is 100 g/mol. The lowest BCUT2D eigenvalue weighted by Crippen LogP contribution is -1.91. The number of aromatic nitrogens is 2. The molecule has 1 aromatic rings. The fourth-order valence-corrected chi connectivity index (χ4v) is 0.358. The van der Waals surface area contributed by atoms with Crippen molar-refractivity contribution in [3.8, 4) is 0 Å². The molecule has 0 aliphatic carbocycles. The standard InChI is InChI=1S/C4H5FN2/c1-7-4(5)2-3-6-7/h2-3H,1H3. The molecule has 0 aliphatic heterocycles. The summed E-state index contributed by atoms with van der Waals surface area (Å²) in [5.41, 5.74) is 0. The van der Waals surface area contributed by atoms with Crippen molar-refractivity contribution in [1.29, 1.82) is 0 Å². The minimum Gasteiger partial charge on any atom is -0.243 e. The van der Waals surface area contributed by atoms with Crippen LogP contribution in [0.3, 0.4) is 0 Å². The molecule has 3 heteroatoms. The summed E-state index contributed by atoms with van der Waals surface area (Å²) >= 11 is 0. The Morgan fingerprint density at radius 2 is 2.57 bits per heavy atom. The van der Waals surface area contributed by atoms with Crippen LogP contribution in [0, 0.1) is 5.95 Å². The highest BCUT2D eigenvalue weighted by Crippen LogP contribution is 1.88. The molecular weight excluding hydrogens is 95.1 g/mol. The van der Waals surface area contributed by atoms with Crippen LogP contribution in [-0.2, 0) is 7.05 Å². The maximum absolute atomic E-state index is 12.0. The topological polar surface area (TPSA) is 17.8 Å². The molecule has 1 rings (SSSR count). The summed E-state index contributed by atoms with van der Waals surface area (Å²) in [6.07, 6.45) is 1.41. The molecule has 7 heavy (non-hydrogen) atoms. The number of aryl methyl sites for hydroxylation is 1. The minimum absolute atomic E-state index is 0.306. The molecule has 0 radical (unpaired) electrons. The fourth-order valence-electron chi connectivity index (χ4n) is 0.358. The van der Waals surface area contributed by atoms with E-state index in [2.05, 4.69) is 5.10 Å². The van der Waals surface area contributed by atoms with Gasteiger partial charge in [0.05, 0.1) is 6.20 Å². The molecule has 0 bridgehead atoms. The predicted molar refractivity (Wildman–Crippen MR) is 23.2 cm³/mol. The molecule has 0 amide bonds. The Morgan fingerprint density at radius 1 is 1.86 bits per heavy atom. The largest absolute Gasteiger partial charge is 0.243 e. The summed E-state index contributed by atoms with van der Waals surface area (Å²) in [6, 6.07) is 1.31. The van der Waals surface area contributed by atoms with Crippen LogP contribution in [0.5, 0.6) is 0 Å². The Balaban J connectivity index is 3.12. The van der Waals surface area contributed by atoms with Crippen LogP contribution in [0.4, 0.5) is 4.39 Å². The lowest BCUT2D eigenvalue weighted by molar-refractivity contribution is 0.504. The summed E-state index contributed by atoms with van der Waals surface area (Å²) in [5, 5.41) is 3.56.